The molecule has 2 unspecified atom stereocenters. The molecule has 0 saturated heterocycles. The highest BCUT2D eigenvalue weighted by molar-refractivity contribution is 8.00. The summed E-state index contributed by atoms with van der Waals surface area (Å²) in [7, 11) is 0. The molecule has 0 saturated carbocycles. The van der Waals surface area contributed by atoms with Crippen LogP contribution in [-0.2, 0) is 0 Å². The third kappa shape index (κ3) is 5.46. The van der Waals surface area contributed by atoms with E-state index in [1.54, 1.807) is 0 Å². The number of hydrogen-bond acceptors (Lipinski definition) is 2. The smallest absolute Gasteiger partial charge is 0.0433 e. The van der Waals surface area contributed by atoms with Gasteiger partial charge < -0.3 is 0 Å². The number of thioether (sulfide) groups is 1. The van der Waals surface area contributed by atoms with Crippen molar-refractivity contribution in [1.29, 1.82) is 0 Å². The third-order valence-corrected chi connectivity index (χ3v) is 13.3. The van der Waals surface area contributed by atoms with Gasteiger partial charge in [-0.2, -0.15) is 0 Å². The summed E-state index contributed by atoms with van der Waals surface area (Å²) in [6.07, 6.45) is 9.10. The molecule has 52 heavy (non-hydrogen) atoms. The van der Waals surface area contributed by atoms with E-state index >= 15 is 0 Å². The minimum absolute atomic E-state index is 0.468. The minimum atomic E-state index is 0.468. The van der Waals surface area contributed by atoms with Crippen molar-refractivity contribution in [2.45, 2.75) is 29.9 Å². The molecular weight excluding hydrogens is 665 g/mol. The quantitative estimate of drug-likeness (QED) is 0.172. The molecule has 0 bridgehead atoms. The first kappa shape index (κ1) is 31.3. The predicted octanol–water partition coefficient (Wildman–Crippen LogP) is 14.7. The van der Waals surface area contributed by atoms with Crippen molar-refractivity contribution in [2.75, 3.05) is 0 Å². The molecule has 2 heteroatoms. The maximum absolute atomic E-state index is 2.38. The largest absolute Gasteiger partial charge is 0.135 e. The van der Waals surface area contributed by atoms with Crippen LogP contribution >= 0.6 is 23.1 Å². The minimum Gasteiger partial charge on any atom is -0.135 e. The van der Waals surface area contributed by atoms with Gasteiger partial charge in [0, 0.05) is 36.2 Å². The van der Waals surface area contributed by atoms with E-state index in [1.165, 1.54) is 97.4 Å². The van der Waals surface area contributed by atoms with Crippen molar-refractivity contribution in [2.24, 2.45) is 0 Å². The lowest BCUT2D eigenvalue weighted by Gasteiger charge is -2.14. The fourth-order valence-electron chi connectivity index (χ4n) is 8.21. The first-order valence-corrected chi connectivity index (χ1v) is 19.8. The van der Waals surface area contributed by atoms with E-state index in [-0.39, 0.29) is 0 Å². The molecule has 2 atom stereocenters. The maximum atomic E-state index is 2.38. The number of fused-ring (bicyclic) bond motifs is 6. The number of hydrogen-bond donors (Lipinski definition) is 0. The normalized spacial score (nSPS) is 16.0. The van der Waals surface area contributed by atoms with Crippen LogP contribution < -0.4 is 0 Å². The highest BCUT2D eigenvalue weighted by Crippen LogP contribution is 2.52. The van der Waals surface area contributed by atoms with E-state index in [0.29, 0.717) is 11.2 Å². The second-order valence-corrected chi connectivity index (χ2v) is 16.5. The van der Waals surface area contributed by atoms with Crippen LogP contribution in [-0.4, -0.2) is 5.25 Å². The van der Waals surface area contributed by atoms with Gasteiger partial charge in [0.15, 0.2) is 0 Å². The van der Waals surface area contributed by atoms with Gasteiger partial charge in [-0.1, -0.05) is 146 Å². The zero-order valence-electron chi connectivity index (χ0n) is 29.1. The fourth-order valence-corrected chi connectivity index (χ4v) is 10.9. The first-order chi connectivity index (χ1) is 25.6. The molecule has 2 aliphatic rings. The Morgan fingerprint density at radius 2 is 1.02 bits per heavy atom. The van der Waals surface area contributed by atoms with E-state index in [2.05, 4.69) is 184 Å². The van der Waals surface area contributed by atoms with Crippen LogP contribution in [0.15, 0.2) is 175 Å². The molecule has 1 aromatic heterocycles. The zero-order chi connectivity index (χ0) is 34.8. The molecular formula is C50H36S2. The molecule has 0 amide bonds. The average molecular weight is 701 g/mol. The average Bonchev–Trinajstić information content (AvgIpc) is 3.76. The molecule has 8 aromatic rings. The molecule has 1 aliphatic heterocycles. The van der Waals surface area contributed by atoms with Gasteiger partial charge in [-0.05, 0) is 110 Å². The van der Waals surface area contributed by atoms with Gasteiger partial charge in [0.05, 0.1) is 0 Å². The molecule has 0 fully saturated rings. The van der Waals surface area contributed by atoms with Crippen molar-refractivity contribution < 1.29 is 0 Å². The molecule has 0 spiro atoms. The first-order valence-electron chi connectivity index (χ1n) is 18.1. The van der Waals surface area contributed by atoms with Crippen LogP contribution in [0.5, 0.6) is 0 Å². The summed E-state index contributed by atoms with van der Waals surface area (Å²) in [6, 6.07) is 54.5. The zero-order valence-corrected chi connectivity index (χ0v) is 30.8. The van der Waals surface area contributed by atoms with E-state index < -0.39 is 0 Å². The Bertz CT molecular complexity index is 2740. The Hall–Kier alpha value is -5.41. The Balaban J connectivity index is 0.964. The summed E-state index contributed by atoms with van der Waals surface area (Å²) < 4.78 is 2.69. The Kier molecular flexibility index (Phi) is 7.63. The highest BCUT2D eigenvalue weighted by atomic mass is 32.2. The van der Waals surface area contributed by atoms with Gasteiger partial charge >= 0.3 is 0 Å². The van der Waals surface area contributed by atoms with Gasteiger partial charge in [0.25, 0.3) is 0 Å². The van der Waals surface area contributed by atoms with Crippen molar-refractivity contribution >= 4 is 43.3 Å². The van der Waals surface area contributed by atoms with Gasteiger partial charge in [-0.25, -0.2) is 0 Å². The fraction of sp³-hybridized carbons (Fsp3) is 0.0800. The summed E-state index contributed by atoms with van der Waals surface area (Å²) in [5.74, 6) is 0.468. The van der Waals surface area contributed by atoms with Crippen molar-refractivity contribution in [3.05, 3.63) is 187 Å². The molecule has 0 N–H and O–H groups in total. The molecule has 10 rings (SSSR count). The number of thiophene rings is 1. The Labute approximate surface area is 313 Å². The summed E-state index contributed by atoms with van der Waals surface area (Å²) in [4.78, 5) is 1.43. The molecule has 248 valence electrons. The van der Waals surface area contributed by atoms with Crippen molar-refractivity contribution in [3.63, 3.8) is 0 Å². The topological polar surface area (TPSA) is 0 Å². The van der Waals surface area contributed by atoms with E-state index in [9.17, 15) is 0 Å². The van der Waals surface area contributed by atoms with Gasteiger partial charge in [0.2, 0.25) is 0 Å². The van der Waals surface area contributed by atoms with Crippen LogP contribution in [0, 0.1) is 13.8 Å². The number of benzene rings is 7. The molecule has 7 aromatic carbocycles. The summed E-state index contributed by atoms with van der Waals surface area (Å²) in [6.45, 7) is 4.43. The summed E-state index contributed by atoms with van der Waals surface area (Å²) >= 11 is 3.90. The van der Waals surface area contributed by atoms with Crippen LogP contribution in [0.25, 0.3) is 75.8 Å². The summed E-state index contributed by atoms with van der Waals surface area (Å²) in [5, 5.41) is 3.17. The summed E-state index contributed by atoms with van der Waals surface area (Å²) in [5.41, 5.74) is 16.6. The lowest BCUT2D eigenvalue weighted by atomic mass is 9.89. The van der Waals surface area contributed by atoms with E-state index in [4.69, 9.17) is 0 Å². The van der Waals surface area contributed by atoms with E-state index in [1.807, 2.05) is 23.1 Å². The number of aryl methyl sites for hydroxylation is 2. The van der Waals surface area contributed by atoms with Gasteiger partial charge in [-0.3, -0.25) is 0 Å². The molecule has 2 heterocycles. The lowest BCUT2D eigenvalue weighted by Crippen LogP contribution is -2.06. The predicted molar refractivity (Wildman–Crippen MR) is 227 cm³/mol. The van der Waals surface area contributed by atoms with Crippen LogP contribution in [0.1, 0.15) is 22.6 Å². The maximum Gasteiger partial charge on any atom is 0.0433 e. The number of allylic oxidation sites excluding steroid dienone is 3. The molecule has 1 aliphatic carbocycles. The lowest BCUT2D eigenvalue weighted by molar-refractivity contribution is 0.881. The van der Waals surface area contributed by atoms with Crippen LogP contribution in [0.4, 0.5) is 0 Å². The molecule has 0 nitrogen and oxygen atoms in total. The van der Waals surface area contributed by atoms with Gasteiger partial charge in [0.1, 0.15) is 0 Å². The van der Waals surface area contributed by atoms with Crippen LogP contribution in [0.3, 0.4) is 0 Å². The highest BCUT2D eigenvalue weighted by Gasteiger charge is 2.32. The van der Waals surface area contributed by atoms with Crippen molar-refractivity contribution in [1.82, 2.24) is 0 Å². The second kappa shape index (κ2) is 12.7. The Morgan fingerprint density at radius 1 is 0.442 bits per heavy atom. The van der Waals surface area contributed by atoms with Crippen molar-refractivity contribution in [3.8, 4) is 55.6 Å². The standard InChI is InChI=1S/C50H36S2/c1-31-24-37(29-39(26-31)41-14-8-16-45-43-12-3-5-18-47(43)51-49(41)45)34-22-20-33(21-23-34)35-10-7-11-36(28-35)38-25-32(2)27-40(30-38)42-15-9-17-46-44-13-4-6-19-48(44)52-50(42)46/h3-30,43,47H,1-2H3. The number of rotatable bonds is 5. The third-order valence-electron chi connectivity index (χ3n) is 10.7. The monoisotopic (exact) mass is 700 g/mol. The van der Waals surface area contributed by atoms with E-state index in [0.717, 1.165) is 0 Å². The van der Waals surface area contributed by atoms with Gasteiger partial charge in [-0.15, -0.1) is 23.1 Å². The Morgan fingerprint density at radius 3 is 1.83 bits per heavy atom. The second-order valence-electron chi connectivity index (χ2n) is 14.2. The SMILES string of the molecule is Cc1cc(-c2ccc(-c3cccc(-c4cc(C)cc(-c5cccc6c5sc5ccccc56)c4)c3)cc2)cc(-c2cccc3c2SC2C=CC=CC32)c1. The van der Waals surface area contributed by atoms with Crippen LogP contribution in [0.2, 0.25) is 0 Å². The molecule has 0 radical (unpaired) electrons.